The van der Waals surface area contributed by atoms with Crippen LogP contribution in [0.1, 0.15) is 0 Å². The molecular weight excluding hydrogens is 158 g/mol. The third-order valence-corrected chi connectivity index (χ3v) is 1.53. The van der Waals surface area contributed by atoms with Gasteiger partial charge in [0.2, 0.25) is 0 Å². The van der Waals surface area contributed by atoms with Crippen molar-refractivity contribution in [1.29, 1.82) is 0 Å². The highest BCUT2D eigenvalue weighted by Gasteiger charge is 2.07. The molecule has 0 amide bonds. The lowest BCUT2D eigenvalue weighted by Gasteiger charge is -1.95. The van der Waals surface area contributed by atoms with Crippen LogP contribution in [0.4, 0.5) is 5.82 Å². The highest BCUT2D eigenvalue weighted by atomic mass is 15.6. The van der Waals surface area contributed by atoms with Gasteiger partial charge in [0.25, 0.3) is 0 Å². The van der Waals surface area contributed by atoms with Crippen LogP contribution in [0.2, 0.25) is 0 Å². The number of aryl methyl sites for hydroxylation is 1. The van der Waals surface area contributed by atoms with Crippen LogP contribution < -0.4 is 5.73 Å². The van der Waals surface area contributed by atoms with Gasteiger partial charge in [0.15, 0.2) is 6.33 Å². The Balaban J connectivity index is 2.55. The first-order chi connectivity index (χ1) is 5.79. The molecule has 2 aromatic rings. The zero-order chi connectivity index (χ0) is 8.55. The van der Waals surface area contributed by atoms with Crippen molar-refractivity contribution in [3.05, 3.63) is 12.5 Å². The number of hydrogen-bond acceptors (Lipinski definition) is 5. The van der Waals surface area contributed by atoms with E-state index in [1.54, 1.807) is 17.9 Å². The summed E-state index contributed by atoms with van der Waals surface area (Å²) in [6, 6.07) is 0. The quantitative estimate of drug-likeness (QED) is 0.584. The van der Waals surface area contributed by atoms with E-state index in [4.69, 9.17) is 5.73 Å². The minimum atomic E-state index is 0.507. The van der Waals surface area contributed by atoms with Crippen LogP contribution in [0, 0.1) is 0 Å². The average molecular weight is 165 g/mol. The minimum absolute atomic E-state index is 0.507. The van der Waals surface area contributed by atoms with Crippen molar-refractivity contribution >= 4 is 5.82 Å². The maximum Gasteiger partial charge on any atom is 0.162 e. The van der Waals surface area contributed by atoms with Gasteiger partial charge in [0, 0.05) is 7.05 Å². The van der Waals surface area contributed by atoms with Crippen molar-refractivity contribution in [2.75, 3.05) is 5.73 Å². The van der Waals surface area contributed by atoms with E-state index in [0.717, 1.165) is 0 Å². The van der Waals surface area contributed by atoms with E-state index in [1.807, 2.05) is 0 Å². The summed E-state index contributed by atoms with van der Waals surface area (Å²) in [6.07, 6.45) is 2.92. The van der Waals surface area contributed by atoms with Crippen LogP contribution in [0.25, 0.3) is 5.69 Å². The van der Waals surface area contributed by atoms with E-state index in [9.17, 15) is 0 Å². The molecule has 0 aliphatic carbocycles. The Morgan fingerprint density at radius 3 is 2.75 bits per heavy atom. The molecule has 0 saturated carbocycles. The Kier molecular flexibility index (Phi) is 1.29. The predicted octanol–water partition coefficient (Wildman–Crippen LogP) is -1.02. The number of nitrogens with two attached hydrogens (primary N) is 1. The van der Waals surface area contributed by atoms with Crippen LogP contribution in [-0.2, 0) is 7.05 Å². The number of tetrazole rings is 1. The van der Waals surface area contributed by atoms with Crippen LogP contribution in [-0.4, -0.2) is 30.0 Å². The number of nitrogen functional groups attached to an aromatic ring is 1. The molecule has 0 bridgehead atoms. The number of hydrogen-bond donors (Lipinski definition) is 1. The summed E-state index contributed by atoms with van der Waals surface area (Å²) in [5.74, 6) is 0.507. The molecule has 0 aromatic carbocycles. The van der Waals surface area contributed by atoms with Gasteiger partial charge < -0.3 is 5.73 Å². The number of nitrogens with zero attached hydrogens (tertiary/aromatic N) is 6. The molecule has 0 radical (unpaired) electrons. The topological polar surface area (TPSA) is 87.4 Å². The molecule has 0 fully saturated rings. The van der Waals surface area contributed by atoms with E-state index in [-0.39, 0.29) is 0 Å². The molecule has 7 nitrogen and oxygen atoms in total. The SMILES string of the molecule is Cn1ncc(-n2ncnn2)c1N. The number of aromatic nitrogens is 6. The van der Waals surface area contributed by atoms with E-state index in [0.29, 0.717) is 11.5 Å². The smallest absolute Gasteiger partial charge is 0.162 e. The normalized spacial score (nSPS) is 10.4. The molecule has 7 heteroatoms. The molecule has 2 N–H and O–H groups in total. The van der Waals surface area contributed by atoms with Gasteiger partial charge in [-0.25, -0.2) is 0 Å². The number of rotatable bonds is 1. The van der Waals surface area contributed by atoms with Crippen LogP contribution in [0.3, 0.4) is 0 Å². The lowest BCUT2D eigenvalue weighted by atomic mass is 10.5. The fourth-order valence-electron chi connectivity index (χ4n) is 0.867. The Hall–Kier alpha value is -1.92. The molecular formula is C5H7N7. The van der Waals surface area contributed by atoms with Crippen molar-refractivity contribution < 1.29 is 0 Å². The standard InChI is InChI=1S/C5H7N7/c1-11-5(6)4(2-8-11)12-9-3-7-10-12/h2-3H,6H2,1H3. The monoisotopic (exact) mass is 165 g/mol. The highest BCUT2D eigenvalue weighted by Crippen LogP contribution is 2.11. The molecule has 0 saturated heterocycles. The Morgan fingerprint density at radius 2 is 2.25 bits per heavy atom. The van der Waals surface area contributed by atoms with Gasteiger partial charge in [0.05, 0.1) is 6.20 Å². The minimum Gasteiger partial charge on any atom is -0.382 e. The first-order valence-electron chi connectivity index (χ1n) is 3.30. The van der Waals surface area contributed by atoms with Crippen molar-refractivity contribution in [2.45, 2.75) is 0 Å². The first-order valence-corrected chi connectivity index (χ1v) is 3.30. The Morgan fingerprint density at radius 1 is 1.42 bits per heavy atom. The summed E-state index contributed by atoms with van der Waals surface area (Å²) < 4.78 is 1.54. The predicted molar refractivity (Wildman–Crippen MR) is 40.3 cm³/mol. The molecule has 0 spiro atoms. The fourth-order valence-corrected chi connectivity index (χ4v) is 0.867. The second kappa shape index (κ2) is 2.29. The van der Waals surface area contributed by atoms with Gasteiger partial charge in [-0.3, -0.25) is 4.68 Å². The average Bonchev–Trinajstić information content (AvgIpc) is 2.64. The largest absolute Gasteiger partial charge is 0.382 e. The molecule has 62 valence electrons. The van der Waals surface area contributed by atoms with Gasteiger partial charge >= 0.3 is 0 Å². The van der Waals surface area contributed by atoms with Crippen LogP contribution in [0.15, 0.2) is 12.5 Å². The molecule has 12 heavy (non-hydrogen) atoms. The van der Waals surface area contributed by atoms with Crippen molar-refractivity contribution in [2.24, 2.45) is 7.05 Å². The highest BCUT2D eigenvalue weighted by molar-refractivity contribution is 5.49. The molecule has 0 unspecified atom stereocenters. The molecule has 0 aliphatic rings. The summed E-state index contributed by atoms with van der Waals surface area (Å²) in [7, 11) is 1.75. The van der Waals surface area contributed by atoms with E-state index in [2.05, 4.69) is 20.5 Å². The van der Waals surface area contributed by atoms with Crippen molar-refractivity contribution in [3.63, 3.8) is 0 Å². The van der Waals surface area contributed by atoms with Gasteiger partial charge in [-0.05, 0) is 5.21 Å². The molecule has 0 aliphatic heterocycles. The lowest BCUT2D eigenvalue weighted by Crippen LogP contribution is -2.04. The number of anilines is 1. The van der Waals surface area contributed by atoms with E-state index in [1.165, 1.54) is 11.1 Å². The maximum atomic E-state index is 5.67. The Bertz CT molecular complexity index is 372. The molecule has 0 atom stereocenters. The van der Waals surface area contributed by atoms with E-state index >= 15 is 0 Å². The zero-order valence-corrected chi connectivity index (χ0v) is 6.42. The van der Waals surface area contributed by atoms with Crippen molar-refractivity contribution in [1.82, 2.24) is 30.0 Å². The lowest BCUT2D eigenvalue weighted by molar-refractivity contribution is 0.720. The molecule has 2 aromatic heterocycles. The summed E-state index contributed by atoms with van der Waals surface area (Å²) in [5, 5.41) is 15.0. The van der Waals surface area contributed by atoms with E-state index < -0.39 is 0 Å². The second-order valence-corrected chi connectivity index (χ2v) is 2.26. The summed E-state index contributed by atoms with van der Waals surface area (Å²) in [5.41, 5.74) is 6.30. The van der Waals surface area contributed by atoms with Gasteiger partial charge in [-0.15, -0.1) is 15.0 Å². The first kappa shape index (κ1) is 6.77. The summed E-state index contributed by atoms with van der Waals surface area (Å²) in [6.45, 7) is 0. The van der Waals surface area contributed by atoms with Crippen LogP contribution >= 0.6 is 0 Å². The van der Waals surface area contributed by atoms with Crippen LogP contribution in [0.5, 0.6) is 0 Å². The maximum absolute atomic E-state index is 5.67. The van der Waals surface area contributed by atoms with Gasteiger partial charge in [0.1, 0.15) is 11.5 Å². The third-order valence-electron chi connectivity index (χ3n) is 1.53. The third kappa shape index (κ3) is 0.831. The zero-order valence-electron chi connectivity index (χ0n) is 6.42. The second-order valence-electron chi connectivity index (χ2n) is 2.26. The summed E-state index contributed by atoms with van der Waals surface area (Å²) in [4.78, 5) is 1.32. The van der Waals surface area contributed by atoms with Gasteiger partial charge in [-0.2, -0.15) is 5.10 Å². The fraction of sp³-hybridized carbons (Fsp3) is 0.200. The van der Waals surface area contributed by atoms with Crippen molar-refractivity contribution in [3.8, 4) is 5.69 Å². The Labute approximate surface area is 67.8 Å². The van der Waals surface area contributed by atoms with Gasteiger partial charge in [-0.1, -0.05) is 0 Å². The molecule has 2 rings (SSSR count). The molecule has 2 heterocycles. The summed E-state index contributed by atoms with van der Waals surface area (Å²) >= 11 is 0.